The Morgan fingerprint density at radius 3 is 2.30 bits per heavy atom. The first-order valence-electron chi connectivity index (χ1n) is 9.76. The van der Waals surface area contributed by atoms with Gasteiger partial charge >= 0.3 is 0 Å². The number of halogens is 2. The lowest BCUT2D eigenvalue weighted by Crippen LogP contribution is -2.35. The molecule has 3 aromatic rings. The van der Waals surface area contributed by atoms with E-state index in [1.807, 2.05) is 0 Å². The number of amides is 2. The SMILES string of the molecule is Cc1ccc(S(=O)(=O)Nc2ccccc2F)cc1C(=O)N(C)CC(=O)Nc1ccccc1Cl. The Labute approximate surface area is 196 Å². The number of aryl methyl sites for hydroxylation is 1. The molecule has 0 aromatic heterocycles. The topological polar surface area (TPSA) is 95.6 Å². The molecule has 3 rings (SSSR count). The van der Waals surface area contributed by atoms with Crippen molar-refractivity contribution < 1.29 is 22.4 Å². The summed E-state index contributed by atoms with van der Waals surface area (Å²) in [5, 5.41) is 2.98. The number of sulfonamides is 1. The van der Waals surface area contributed by atoms with Gasteiger partial charge in [0.2, 0.25) is 5.91 Å². The maximum absolute atomic E-state index is 13.9. The molecule has 0 saturated heterocycles. The van der Waals surface area contributed by atoms with Crippen molar-refractivity contribution in [1.29, 1.82) is 0 Å². The van der Waals surface area contributed by atoms with Crippen LogP contribution in [0.4, 0.5) is 15.8 Å². The summed E-state index contributed by atoms with van der Waals surface area (Å²) in [6, 6.07) is 16.0. The molecule has 2 N–H and O–H groups in total. The maximum Gasteiger partial charge on any atom is 0.262 e. The van der Waals surface area contributed by atoms with Crippen molar-refractivity contribution >= 4 is 44.8 Å². The summed E-state index contributed by atoms with van der Waals surface area (Å²) < 4.78 is 41.5. The molecule has 3 aromatic carbocycles. The molecule has 0 aliphatic rings. The molecule has 7 nitrogen and oxygen atoms in total. The third-order valence-corrected chi connectivity index (χ3v) is 6.44. The number of para-hydroxylation sites is 2. The Hall–Kier alpha value is -3.43. The van der Waals surface area contributed by atoms with Crippen molar-refractivity contribution in [1.82, 2.24) is 4.90 Å². The number of hydrogen-bond donors (Lipinski definition) is 2. The van der Waals surface area contributed by atoms with Crippen LogP contribution < -0.4 is 10.0 Å². The summed E-state index contributed by atoms with van der Waals surface area (Å²) in [5.41, 5.74) is 0.815. The van der Waals surface area contributed by atoms with Crippen molar-refractivity contribution in [3.05, 3.63) is 88.7 Å². The second kappa shape index (κ2) is 10.0. The first kappa shape index (κ1) is 24.2. The molecule has 0 atom stereocenters. The summed E-state index contributed by atoms with van der Waals surface area (Å²) in [5.74, 6) is -1.75. The highest BCUT2D eigenvalue weighted by Gasteiger charge is 2.22. The average Bonchev–Trinajstić information content (AvgIpc) is 2.76. The highest BCUT2D eigenvalue weighted by atomic mass is 35.5. The summed E-state index contributed by atoms with van der Waals surface area (Å²) >= 11 is 6.03. The van der Waals surface area contributed by atoms with E-state index in [0.29, 0.717) is 16.3 Å². The van der Waals surface area contributed by atoms with Gasteiger partial charge in [-0.15, -0.1) is 0 Å². The van der Waals surface area contributed by atoms with Gasteiger partial charge in [-0.25, -0.2) is 12.8 Å². The van der Waals surface area contributed by atoms with E-state index in [2.05, 4.69) is 10.0 Å². The number of carbonyl (C=O) groups is 2. The molecule has 0 unspecified atom stereocenters. The van der Waals surface area contributed by atoms with Crippen LogP contribution in [0.1, 0.15) is 15.9 Å². The van der Waals surface area contributed by atoms with Gasteiger partial charge in [0.15, 0.2) is 0 Å². The first-order valence-corrected chi connectivity index (χ1v) is 11.6. The fourth-order valence-corrected chi connectivity index (χ4v) is 4.27. The third-order valence-electron chi connectivity index (χ3n) is 4.74. The van der Waals surface area contributed by atoms with Gasteiger partial charge in [-0.2, -0.15) is 0 Å². The maximum atomic E-state index is 13.9. The normalized spacial score (nSPS) is 11.0. The molecule has 2 amide bonds. The van der Waals surface area contributed by atoms with Crippen LogP contribution in [0.15, 0.2) is 71.6 Å². The average molecular weight is 490 g/mol. The van der Waals surface area contributed by atoms with Crippen LogP contribution in [0.3, 0.4) is 0 Å². The lowest BCUT2D eigenvalue weighted by Gasteiger charge is -2.19. The Bertz CT molecular complexity index is 1310. The lowest BCUT2D eigenvalue weighted by molar-refractivity contribution is -0.116. The molecule has 0 saturated carbocycles. The lowest BCUT2D eigenvalue weighted by atomic mass is 10.1. The zero-order valence-corrected chi connectivity index (χ0v) is 19.4. The van der Waals surface area contributed by atoms with E-state index in [1.165, 1.54) is 43.4 Å². The summed E-state index contributed by atoms with van der Waals surface area (Å²) in [6.45, 7) is 1.36. The Morgan fingerprint density at radius 1 is 1.00 bits per heavy atom. The predicted octanol–water partition coefficient (Wildman–Crippen LogP) is 4.30. The Balaban J connectivity index is 1.78. The van der Waals surface area contributed by atoms with Crippen LogP contribution in [0.5, 0.6) is 0 Å². The minimum atomic E-state index is -4.16. The summed E-state index contributed by atoms with van der Waals surface area (Å²) in [7, 11) is -2.73. The number of hydrogen-bond acceptors (Lipinski definition) is 4. The van der Waals surface area contributed by atoms with Crippen LogP contribution in [0, 0.1) is 12.7 Å². The molecule has 10 heteroatoms. The second-order valence-corrected chi connectivity index (χ2v) is 9.34. The van der Waals surface area contributed by atoms with Gasteiger partial charge < -0.3 is 10.2 Å². The second-order valence-electron chi connectivity index (χ2n) is 7.25. The monoisotopic (exact) mass is 489 g/mol. The number of nitrogens with zero attached hydrogens (tertiary/aromatic N) is 1. The molecule has 0 aliphatic carbocycles. The number of nitrogens with one attached hydrogen (secondary N) is 2. The van der Waals surface area contributed by atoms with Crippen LogP contribution in [-0.2, 0) is 14.8 Å². The predicted molar refractivity (Wildman–Crippen MR) is 125 cm³/mol. The van der Waals surface area contributed by atoms with Crippen LogP contribution >= 0.6 is 11.6 Å². The van der Waals surface area contributed by atoms with E-state index in [0.717, 1.165) is 11.0 Å². The fraction of sp³-hybridized carbons (Fsp3) is 0.130. The number of likely N-dealkylation sites (N-methyl/N-ethyl adjacent to an activating group) is 1. The molecule has 0 spiro atoms. The number of benzene rings is 3. The molecule has 0 bridgehead atoms. The van der Waals surface area contributed by atoms with E-state index in [9.17, 15) is 22.4 Å². The third kappa shape index (κ3) is 5.88. The number of anilines is 2. The van der Waals surface area contributed by atoms with E-state index in [1.54, 1.807) is 31.2 Å². The summed E-state index contributed by atoms with van der Waals surface area (Å²) in [4.78, 5) is 26.3. The highest BCUT2D eigenvalue weighted by Crippen LogP contribution is 2.23. The van der Waals surface area contributed by atoms with E-state index in [4.69, 9.17) is 11.6 Å². The molecule has 0 aliphatic heterocycles. The quantitative estimate of drug-likeness (QED) is 0.517. The van der Waals surface area contributed by atoms with Crippen molar-refractivity contribution in [2.75, 3.05) is 23.6 Å². The van der Waals surface area contributed by atoms with Gasteiger partial charge in [0, 0.05) is 12.6 Å². The van der Waals surface area contributed by atoms with Crippen molar-refractivity contribution in [2.24, 2.45) is 0 Å². The Morgan fingerprint density at radius 2 is 1.64 bits per heavy atom. The van der Waals surface area contributed by atoms with E-state index >= 15 is 0 Å². The van der Waals surface area contributed by atoms with Crippen LogP contribution in [0.2, 0.25) is 5.02 Å². The standard InChI is InChI=1S/C23H21ClFN3O4S/c1-15-11-12-16(33(31,32)27-21-10-6-4-8-19(21)25)13-17(15)23(30)28(2)14-22(29)26-20-9-5-3-7-18(20)24/h3-13,27H,14H2,1-2H3,(H,26,29). The van der Waals surface area contributed by atoms with E-state index < -0.39 is 27.7 Å². The zero-order valence-electron chi connectivity index (χ0n) is 17.8. The first-order chi connectivity index (χ1) is 15.6. The summed E-state index contributed by atoms with van der Waals surface area (Å²) in [6.07, 6.45) is 0. The van der Waals surface area contributed by atoms with E-state index in [-0.39, 0.29) is 22.7 Å². The molecule has 0 fully saturated rings. The largest absolute Gasteiger partial charge is 0.332 e. The Kier molecular flexibility index (Phi) is 7.35. The van der Waals surface area contributed by atoms with Crippen LogP contribution in [0.25, 0.3) is 0 Å². The van der Waals surface area contributed by atoms with Crippen LogP contribution in [-0.4, -0.2) is 38.7 Å². The number of carbonyl (C=O) groups excluding carboxylic acids is 2. The van der Waals surface area contributed by atoms with Gasteiger partial charge in [0.05, 0.1) is 27.8 Å². The van der Waals surface area contributed by atoms with Crippen molar-refractivity contribution in [3.63, 3.8) is 0 Å². The number of rotatable bonds is 7. The zero-order chi connectivity index (χ0) is 24.2. The van der Waals surface area contributed by atoms with Gasteiger partial charge in [0.1, 0.15) is 5.82 Å². The molecular formula is C23H21ClFN3O4S. The van der Waals surface area contributed by atoms with Gasteiger partial charge in [-0.3, -0.25) is 14.3 Å². The minimum absolute atomic E-state index is 0.0967. The highest BCUT2D eigenvalue weighted by molar-refractivity contribution is 7.92. The molecular weight excluding hydrogens is 469 g/mol. The molecule has 0 radical (unpaired) electrons. The van der Waals surface area contributed by atoms with Crippen molar-refractivity contribution in [3.8, 4) is 0 Å². The molecule has 33 heavy (non-hydrogen) atoms. The van der Waals surface area contributed by atoms with Gasteiger partial charge in [0.25, 0.3) is 15.9 Å². The molecule has 0 heterocycles. The van der Waals surface area contributed by atoms with Gasteiger partial charge in [-0.1, -0.05) is 41.9 Å². The fourth-order valence-electron chi connectivity index (χ4n) is 2.99. The molecule has 172 valence electrons. The van der Waals surface area contributed by atoms with Gasteiger partial charge in [-0.05, 0) is 48.9 Å². The van der Waals surface area contributed by atoms with Crippen molar-refractivity contribution in [2.45, 2.75) is 11.8 Å². The smallest absolute Gasteiger partial charge is 0.262 e. The minimum Gasteiger partial charge on any atom is -0.332 e.